The van der Waals surface area contributed by atoms with Gasteiger partial charge in [-0.25, -0.2) is 13.2 Å². The monoisotopic (exact) mass is 306 g/mol. The number of fused-ring (bicyclic) bond motifs is 1. The van der Waals surface area contributed by atoms with Crippen LogP contribution >= 0.6 is 0 Å². The smallest absolute Gasteiger partial charge is 0.267 e. The van der Waals surface area contributed by atoms with Crippen molar-refractivity contribution in [2.75, 3.05) is 10.2 Å². The Labute approximate surface area is 125 Å². The van der Waals surface area contributed by atoms with Crippen molar-refractivity contribution in [3.63, 3.8) is 0 Å². The van der Waals surface area contributed by atoms with Crippen molar-refractivity contribution in [3.8, 4) is 0 Å². The predicted octanol–water partition coefficient (Wildman–Crippen LogP) is 3.42. The second kappa shape index (κ2) is 5.71. The van der Waals surface area contributed by atoms with Gasteiger partial charge in [-0.15, -0.1) is 0 Å². The van der Waals surface area contributed by atoms with Gasteiger partial charge in [-0.3, -0.25) is 4.79 Å². The molecule has 2 aromatic rings. The van der Waals surface area contributed by atoms with Crippen LogP contribution in [0.1, 0.15) is 5.56 Å². The van der Waals surface area contributed by atoms with Crippen molar-refractivity contribution >= 4 is 17.3 Å². The lowest BCUT2D eigenvalue weighted by atomic mass is 10.1. The fraction of sp³-hybridized carbons (Fsp3) is 0.188. The van der Waals surface area contributed by atoms with Crippen molar-refractivity contribution in [1.82, 2.24) is 0 Å². The molecule has 0 saturated heterocycles. The number of anilines is 2. The Bertz CT molecular complexity index is 691. The Morgan fingerprint density at radius 3 is 2.55 bits per heavy atom. The number of nitrogens with one attached hydrogen (secondary N) is 1. The molecule has 2 aromatic carbocycles. The van der Waals surface area contributed by atoms with Gasteiger partial charge in [0.25, 0.3) is 12.3 Å². The molecular weight excluding hydrogens is 293 g/mol. The lowest BCUT2D eigenvalue weighted by Crippen LogP contribution is -2.51. The van der Waals surface area contributed by atoms with E-state index in [2.05, 4.69) is 5.32 Å². The van der Waals surface area contributed by atoms with Gasteiger partial charge in [0.15, 0.2) is 6.04 Å². The molecule has 0 fully saturated rings. The minimum atomic E-state index is -2.87. The van der Waals surface area contributed by atoms with Gasteiger partial charge in [0.2, 0.25) is 0 Å². The zero-order chi connectivity index (χ0) is 15.7. The van der Waals surface area contributed by atoms with Crippen LogP contribution in [0.4, 0.5) is 24.5 Å². The molecule has 114 valence electrons. The molecule has 1 atom stereocenters. The van der Waals surface area contributed by atoms with Crippen LogP contribution in [-0.4, -0.2) is 18.4 Å². The highest BCUT2D eigenvalue weighted by molar-refractivity contribution is 6.03. The SMILES string of the molecule is O=C1Nc2ccc(F)cc2N(Cc2ccccc2)C1C(F)F. The third-order valence-electron chi connectivity index (χ3n) is 3.57. The molecule has 6 heteroatoms. The number of benzene rings is 2. The summed E-state index contributed by atoms with van der Waals surface area (Å²) in [4.78, 5) is 13.2. The number of hydrogen-bond acceptors (Lipinski definition) is 2. The number of amides is 1. The third kappa shape index (κ3) is 2.64. The van der Waals surface area contributed by atoms with Gasteiger partial charge in [0.1, 0.15) is 5.82 Å². The summed E-state index contributed by atoms with van der Waals surface area (Å²) in [5.74, 6) is -1.33. The number of carbonyl (C=O) groups is 1. The zero-order valence-electron chi connectivity index (χ0n) is 11.5. The van der Waals surface area contributed by atoms with Gasteiger partial charge in [0.05, 0.1) is 11.4 Å². The Kier molecular flexibility index (Phi) is 3.75. The van der Waals surface area contributed by atoms with E-state index in [9.17, 15) is 18.0 Å². The third-order valence-corrected chi connectivity index (χ3v) is 3.57. The molecule has 1 N–H and O–H groups in total. The first-order valence-corrected chi connectivity index (χ1v) is 6.75. The Balaban J connectivity index is 2.05. The summed E-state index contributed by atoms with van der Waals surface area (Å²) in [5.41, 5.74) is 1.35. The van der Waals surface area contributed by atoms with Crippen molar-refractivity contribution < 1.29 is 18.0 Å². The Morgan fingerprint density at radius 1 is 1.14 bits per heavy atom. The molecule has 0 spiro atoms. The first kappa shape index (κ1) is 14.4. The molecule has 1 aliphatic heterocycles. The molecule has 22 heavy (non-hydrogen) atoms. The minimum absolute atomic E-state index is 0.0969. The first-order chi connectivity index (χ1) is 10.6. The second-order valence-electron chi connectivity index (χ2n) is 5.04. The fourth-order valence-electron chi connectivity index (χ4n) is 2.56. The van der Waals surface area contributed by atoms with E-state index in [0.29, 0.717) is 5.69 Å². The van der Waals surface area contributed by atoms with E-state index in [0.717, 1.165) is 11.6 Å². The van der Waals surface area contributed by atoms with Crippen LogP contribution in [0.2, 0.25) is 0 Å². The van der Waals surface area contributed by atoms with Crippen LogP contribution in [0.15, 0.2) is 48.5 Å². The molecule has 0 aromatic heterocycles. The molecule has 0 saturated carbocycles. The molecule has 0 radical (unpaired) electrons. The highest BCUT2D eigenvalue weighted by atomic mass is 19.3. The normalized spacial score (nSPS) is 17.4. The Morgan fingerprint density at radius 2 is 1.86 bits per heavy atom. The van der Waals surface area contributed by atoms with E-state index < -0.39 is 24.2 Å². The van der Waals surface area contributed by atoms with Gasteiger partial charge in [-0.2, -0.15) is 0 Å². The predicted molar refractivity (Wildman–Crippen MR) is 77.4 cm³/mol. The molecule has 1 aliphatic rings. The van der Waals surface area contributed by atoms with Crippen LogP contribution < -0.4 is 10.2 Å². The number of carbonyl (C=O) groups excluding carboxylic acids is 1. The maximum absolute atomic E-state index is 13.5. The summed E-state index contributed by atoms with van der Waals surface area (Å²) >= 11 is 0. The van der Waals surface area contributed by atoms with Crippen LogP contribution in [0, 0.1) is 5.82 Å². The topological polar surface area (TPSA) is 32.3 Å². The molecule has 0 bridgehead atoms. The average molecular weight is 306 g/mol. The molecule has 1 amide bonds. The standard InChI is InChI=1S/C16H13F3N2O/c17-11-6-7-12-13(8-11)21(9-10-4-2-1-3-5-10)14(15(18)19)16(22)20-12/h1-8,14-15H,9H2,(H,20,22). The highest BCUT2D eigenvalue weighted by Gasteiger charge is 2.39. The molecule has 3 nitrogen and oxygen atoms in total. The molecule has 3 rings (SSSR count). The van der Waals surface area contributed by atoms with E-state index in [-0.39, 0.29) is 12.2 Å². The summed E-state index contributed by atoms with van der Waals surface area (Å²) < 4.78 is 40.1. The lowest BCUT2D eigenvalue weighted by Gasteiger charge is -2.37. The first-order valence-electron chi connectivity index (χ1n) is 6.75. The van der Waals surface area contributed by atoms with Gasteiger partial charge in [-0.05, 0) is 23.8 Å². The molecule has 1 heterocycles. The van der Waals surface area contributed by atoms with Crippen LogP contribution in [0.25, 0.3) is 0 Å². The fourth-order valence-corrected chi connectivity index (χ4v) is 2.56. The van der Waals surface area contributed by atoms with Gasteiger partial charge >= 0.3 is 0 Å². The van der Waals surface area contributed by atoms with Crippen LogP contribution in [-0.2, 0) is 11.3 Å². The largest absolute Gasteiger partial charge is 0.349 e. The maximum Gasteiger partial charge on any atom is 0.267 e. The number of nitrogens with zero attached hydrogens (tertiary/aromatic N) is 1. The van der Waals surface area contributed by atoms with E-state index in [1.54, 1.807) is 24.3 Å². The maximum atomic E-state index is 13.5. The Hall–Kier alpha value is -2.50. The summed E-state index contributed by atoms with van der Waals surface area (Å²) in [6.45, 7) is 0.0969. The van der Waals surface area contributed by atoms with Gasteiger partial charge < -0.3 is 10.2 Å². The second-order valence-corrected chi connectivity index (χ2v) is 5.04. The van der Waals surface area contributed by atoms with Crippen molar-refractivity contribution in [2.45, 2.75) is 19.0 Å². The van der Waals surface area contributed by atoms with Crippen molar-refractivity contribution in [2.24, 2.45) is 0 Å². The zero-order valence-corrected chi connectivity index (χ0v) is 11.5. The highest BCUT2D eigenvalue weighted by Crippen LogP contribution is 2.35. The molecule has 0 aliphatic carbocycles. The van der Waals surface area contributed by atoms with E-state index >= 15 is 0 Å². The summed E-state index contributed by atoms with van der Waals surface area (Å²) in [6.07, 6.45) is -2.87. The van der Waals surface area contributed by atoms with Crippen molar-refractivity contribution in [1.29, 1.82) is 0 Å². The molecular formula is C16H13F3N2O. The van der Waals surface area contributed by atoms with Gasteiger partial charge in [0, 0.05) is 6.54 Å². The number of hydrogen-bond donors (Lipinski definition) is 1. The summed E-state index contributed by atoms with van der Waals surface area (Å²) in [6, 6.07) is 11.0. The van der Waals surface area contributed by atoms with E-state index in [4.69, 9.17) is 0 Å². The number of rotatable bonds is 3. The molecule has 1 unspecified atom stereocenters. The summed E-state index contributed by atoms with van der Waals surface area (Å²) in [5, 5.41) is 2.41. The number of halogens is 3. The van der Waals surface area contributed by atoms with E-state index in [1.165, 1.54) is 17.0 Å². The minimum Gasteiger partial charge on any atom is -0.349 e. The number of alkyl halides is 2. The van der Waals surface area contributed by atoms with E-state index in [1.807, 2.05) is 6.07 Å². The average Bonchev–Trinajstić information content (AvgIpc) is 2.48. The summed E-state index contributed by atoms with van der Waals surface area (Å²) in [7, 11) is 0. The van der Waals surface area contributed by atoms with Crippen molar-refractivity contribution in [3.05, 3.63) is 59.9 Å². The quantitative estimate of drug-likeness (QED) is 0.942. The van der Waals surface area contributed by atoms with Crippen LogP contribution in [0.3, 0.4) is 0 Å². The lowest BCUT2D eigenvalue weighted by molar-refractivity contribution is -0.120. The van der Waals surface area contributed by atoms with Gasteiger partial charge in [-0.1, -0.05) is 30.3 Å². The van der Waals surface area contributed by atoms with Crippen LogP contribution in [0.5, 0.6) is 0 Å².